The van der Waals surface area contributed by atoms with E-state index >= 15 is 0 Å². The maximum Gasteiger partial charge on any atom is 0.240 e. The number of hydrogen-bond donors (Lipinski definition) is 2. The van der Waals surface area contributed by atoms with Gasteiger partial charge in [0.2, 0.25) is 10.0 Å². The van der Waals surface area contributed by atoms with Crippen LogP contribution in [-0.2, 0) is 21.3 Å². The Morgan fingerprint density at radius 2 is 2.05 bits per heavy atom. The van der Waals surface area contributed by atoms with Crippen LogP contribution in [0.25, 0.3) is 0 Å². The van der Waals surface area contributed by atoms with Gasteiger partial charge in [-0.05, 0) is 38.1 Å². The van der Waals surface area contributed by atoms with E-state index in [0.717, 1.165) is 25.1 Å². The van der Waals surface area contributed by atoms with E-state index in [4.69, 9.17) is 4.74 Å². The predicted octanol–water partition coefficient (Wildman–Crippen LogP) is 1.11. The number of hydrogen-bond acceptors (Lipinski definition) is 4. The van der Waals surface area contributed by atoms with Crippen LogP contribution in [-0.4, -0.2) is 34.7 Å². The van der Waals surface area contributed by atoms with Gasteiger partial charge in [-0.25, -0.2) is 13.1 Å². The summed E-state index contributed by atoms with van der Waals surface area (Å²) in [5, 5.41) is 3.03. The molecule has 2 atom stereocenters. The van der Waals surface area contributed by atoms with Gasteiger partial charge in [0.25, 0.3) is 0 Å². The van der Waals surface area contributed by atoms with Crippen molar-refractivity contribution in [3.8, 4) is 0 Å². The van der Waals surface area contributed by atoms with Crippen molar-refractivity contribution < 1.29 is 13.2 Å². The van der Waals surface area contributed by atoms with Crippen LogP contribution in [0.1, 0.15) is 18.9 Å². The van der Waals surface area contributed by atoms with Gasteiger partial charge >= 0.3 is 0 Å². The fraction of sp³-hybridized carbons (Fsp3) is 0.571. The molecule has 0 radical (unpaired) electrons. The van der Waals surface area contributed by atoms with Crippen LogP contribution in [0.2, 0.25) is 0 Å². The lowest BCUT2D eigenvalue weighted by Crippen LogP contribution is -2.38. The molecule has 2 N–H and O–H groups in total. The summed E-state index contributed by atoms with van der Waals surface area (Å²) < 4.78 is 32.6. The first-order chi connectivity index (χ1) is 9.53. The van der Waals surface area contributed by atoms with Gasteiger partial charge in [-0.3, -0.25) is 0 Å². The van der Waals surface area contributed by atoms with E-state index in [1.54, 1.807) is 12.1 Å². The van der Waals surface area contributed by atoms with Crippen LogP contribution in [0.3, 0.4) is 0 Å². The Kier molecular flexibility index (Phi) is 5.15. The van der Waals surface area contributed by atoms with Crippen LogP contribution < -0.4 is 10.0 Å². The van der Waals surface area contributed by atoms with Crippen molar-refractivity contribution in [2.45, 2.75) is 30.8 Å². The van der Waals surface area contributed by atoms with Gasteiger partial charge in [0.1, 0.15) is 0 Å². The summed E-state index contributed by atoms with van der Waals surface area (Å²) in [4.78, 5) is 0.308. The average Bonchev–Trinajstić information content (AvgIpc) is 2.93. The third-order valence-electron chi connectivity index (χ3n) is 3.63. The Hall–Kier alpha value is -0.950. The quantitative estimate of drug-likeness (QED) is 0.825. The Bertz CT molecular complexity index is 522. The lowest BCUT2D eigenvalue weighted by Gasteiger charge is -2.19. The summed E-state index contributed by atoms with van der Waals surface area (Å²) in [5.74, 6) is 0.258. The first-order valence-corrected chi connectivity index (χ1v) is 8.35. The van der Waals surface area contributed by atoms with Crippen LogP contribution in [0, 0.1) is 5.92 Å². The van der Waals surface area contributed by atoms with Gasteiger partial charge in [-0.2, -0.15) is 0 Å². The highest BCUT2D eigenvalue weighted by molar-refractivity contribution is 7.89. The van der Waals surface area contributed by atoms with Crippen molar-refractivity contribution in [2.24, 2.45) is 5.92 Å². The Labute approximate surface area is 120 Å². The van der Waals surface area contributed by atoms with Crippen LogP contribution in [0.5, 0.6) is 0 Å². The number of nitrogens with one attached hydrogen (secondary N) is 2. The molecule has 1 aliphatic rings. The molecule has 1 saturated heterocycles. The molecule has 0 aromatic heterocycles. The van der Waals surface area contributed by atoms with Gasteiger partial charge in [0.15, 0.2) is 0 Å². The molecule has 2 unspecified atom stereocenters. The number of ether oxygens (including phenoxy) is 1. The highest BCUT2D eigenvalue weighted by atomic mass is 32.2. The maximum absolute atomic E-state index is 12.3. The van der Waals surface area contributed by atoms with E-state index < -0.39 is 10.0 Å². The molecule has 1 aromatic carbocycles. The molecule has 6 heteroatoms. The zero-order valence-corrected chi connectivity index (χ0v) is 12.7. The molecule has 112 valence electrons. The fourth-order valence-electron chi connectivity index (χ4n) is 2.35. The standard InChI is InChI=1S/C14H22N2O3S/c1-11(13-7-8-19-10-13)16-20(17,18)14-5-3-12(4-6-14)9-15-2/h3-6,11,13,15-16H,7-10H2,1-2H3. The summed E-state index contributed by atoms with van der Waals surface area (Å²) in [6.45, 7) is 3.97. The molecule has 1 heterocycles. The second kappa shape index (κ2) is 6.67. The van der Waals surface area contributed by atoms with E-state index in [9.17, 15) is 8.42 Å². The second-order valence-corrected chi connectivity index (χ2v) is 6.92. The molecule has 0 aliphatic carbocycles. The van der Waals surface area contributed by atoms with Gasteiger partial charge in [0, 0.05) is 25.1 Å². The van der Waals surface area contributed by atoms with E-state index in [0.29, 0.717) is 11.5 Å². The smallest absolute Gasteiger partial charge is 0.240 e. The molecular weight excluding hydrogens is 276 g/mol. The molecule has 1 aliphatic heterocycles. The highest BCUT2D eigenvalue weighted by Gasteiger charge is 2.26. The van der Waals surface area contributed by atoms with Crippen LogP contribution in [0.4, 0.5) is 0 Å². The Morgan fingerprint density at radius 1 is 1.35 bits per heavy atom. The zero-order valence-electron chi connectivity index (χ0n) is 11.9. The number of rotatable bonds is 6. The van der Waals surface area contributed by atoms with Crippen molar-refractivity contribution in [3.05, 3.63) is 29.8 Å². The summed E-state index contributed by atoms with van der Waals surface area (Å²) in [6, 6.07) is 6.84. The minimum Gasteiger partial charge on any atom is -0.381 e. The predicted molar refractivity (Wildman–Crippen MR) is 77.9 cm³/mol. The molecule has 1 aromatic rings. The number of benzene rings is 1. The first kappa shape index (κ1) is 15.4. The second-order valence-electron chi connectivity index (χ2n) is 5.21. The SMILES string of the molecule is CNCc1ccc(S(=O)(=O)NC(C)C2CCOC2)cc1. The zero-order chi connectivity index (χ0) is 14.6. The molecule has 20 heavy (non-hydrogen) atoms. The molecular formula is C14H22N2O3S. The van der Waals surface area contributed by atoms with Crippen molar-refractivity contribution in [3.63, 3.8) is 0 Å². The molecule has 2 rings (SSSR count). The van der Waals surface area contributed by atoms with Crippen molar-refractivity contribution >= 4 is 10.0 Å². The topological polar surface area (TPSA) is 67.4 Å². The summed E-state index contributed by atoms with van der Waals surface area (Å²) in [5.41, 5.74) is 1.06. The summed E-state index contributed by atoms with van der Waals surface area (Å²) in [6.07, 6.45) is 0.908. The largest absolute Gasteiger partial charge is 0.381 e. The maximum atomic E-state index is 12.3. The van der Waals surface area contributed by atoms with Crippen molar-refractivity contribution in [1.82, 2.24) is 10.0 Å². The number of sulfonamides is 1. The molecule has 0 amide bonds. The van der Waals surface area contributed by atoms with Gasteiger partial charge in [-0.15, -0.1) is 0 Å². The molecule has 0 spiro atoms. The van der Waals surface area contributed by atoms with E-state index in [-0.39, 0.29) is 12.0 Å². The van der Waals surface area contributed by atoms with Gasteiger partial charge in [-0.1, -0.05) is 12.1 Å². The molecule has 0 saturated carbocycles. The third kappa shape index (κ3) is 3.79. The molecule has 1 fully saturated rings. The lowest BCUT2D eigenvalue weighted by atomic mass is 10.0. The van der Waals surface area contributed by atoms with Crippen molar-refractivity contribution in [2.75, 3.05) is 20.3 Å². The van der Waals surface area contributed by atoms with Crippen LogP contribution in [0.15, 0.2) is 29.2 Å². The monoisotopic (exact) mass is 298 g/mol. The van der Waals surface area contributed by atoms with Crippen molar-refractivity contribution in [1.29, 1.82) is 0 Å². The fourth-order valence-corrected chi connectivity index (χ4v) is 3.66. The minimum atomic E-state index is -3.45. The van der Waals surface area contributed by atoms with Gasteiger partial charge < -0.3 is 10.1 Å². The van der Waals surface area contributed by atoms with E-state index in [1.807, 2.05) is 26.1 Å². The summed E-state index contributed by atoms with van der Waals surface area (Å²) >= 11 is 0. The van der Waals surface area contributed by atoms with E-state index in [2.05, 4.69) is 10.0 Å². The average molecular weight is 298 g/mol. The molecule has 5 nitrogen and oxygen atoms in total. The lowest BCUT2D eigenvalue weighted by molar-refractivity contribution is 0.180. The highest BCUT2D eigenvalue weighted by Crippen LogP contribution is 2.19. The normalized spacial score (nSPS) is 21.0. The summed E-state index contributed by atoms with van der Waals surface area (Å²) in [7, 11) is -1.60. The van der Waals surface area contributed by atoms with E-state index in [1.165, 1.54) is 0 Å². The Balaban J connectivity index is 2.05. The Morgan fingerprint density at radius 3 is 2.60 bits per heavy atom. The third-order valence-corrected chi connectivity index (χ3v) is 5.20. The minimum absolute atomic E-state index is 0.112. The first-order valence-electron chi connectivity index (χ1n) is 6.86. The van der Waals surface area contributed by atoms with Crippen LogP contribution >= 0.6 is 0 Å². The van der Waals surface area contributed by atoms with Gasteiger partial charge in [0.05, 0.1) is 11.5 Å². The molecule has 0 bridgehead atoms.